The van der Waals surface area contributed by atoms with Crippen LogP contribution in [0, 0.1) is 0 Å². The molecule has 0 saturated carbocycles. The van der Waals surface area contributed by atoms with Gasteiger partial charge in [0.15, 0.2) is 0 Å². The van der Waals surface area contributed by atoms with Crippen LogP contribution in [0.4, 0.5) is 0 Å². The number of nitrogens with zero attached hydrogens (tertiary/aromatic N) is 1. The summed E-state index contributed by atoms with van der Waals surface area (Å²) in [7, 11) is 2.00. The van der Waals surface area contributed by atoms with Gasteiger partial charge >= 0.3 is 0 Å². The van der Waals surface area contributed by atoms with Gasteiger partial charge in [-0.2, -0.15) is 0 Å². The normalized spacial score (nSPS) is 17.4. The molecule has 0 aliphatic carbocycles. The molecular weight excluding hydrogens is 204 g/mol. The first-order valence-electron chi connectivity index (χ1n) is 5.69. The van der Waals surface area contributed by atoms with Crippen LogP contribution in [0.2, 0.25) is 0 Å². The van der Waals surface area contributed by atoms with Crippen LogP contribution >= 0.6 is 0 Å². The van der Waals surface area contributed by atoms with E-state index in [9.17, 15) is 5.11 Å². The van der Waals surface area contributed by atoms with Gasteiger partial charge in [0.2, 0.25) is 0 Å². The zero-order chi connectivity index (χ0) is 12.1. The van der Waals surface area contributed by atoms with Gasteiger partial charge in [0.05, 0.1) is 18.4 Å². The van der Waals surface area contributed by atoms with E-state index < -0.39 is 0 Å². The highest BCUT2D eigenvalue weighted by Gasteiger charge is 2.23. The molecule has 0 aromatic carbocycles. The molecular formula is C12H22N2O2. The standard InChI is InChI=1S/C12H22N2O2/c1-9(15)6-7-14(3)12(10(2)13)11-5-4-8-16-11/h4-5,8-10,12,15H,6-7,13H2,1-3H3. The monoisotopic (exact) mass is 226 g/mol. The second kappa shape index (κ2) is 6.03. The third-order valence-electron chi connectivity index (χ3n) is 2.71. The van der Waals surface area contributed by atoms with E-state index in [1.165, 1.54) is 0 Å². The molecule has 92 valence electrons. The summed E-state index contributed by atoms with van der Waals surface area (Å²) >= 11 is 0. The number of rotatable bonds is 6. The molecule has 4 nitrogen and oxygen atoms in total. The molecule has 1 aromatic heterocycles. The Kier molecular flexibility index (Phi) is 4.99. The Balaban J connectivity index is 2.64. The Morgan fingerprint density at radius 3 is 2.62 bits per heavy atom. The minimum Gasteiger partial charge on any atom is -0.468 e. The van der Waals surface area contributed by atoms with Crippen LogP contribution in [0.15, 0.2) is 22.8 Å². The van der Waals surface area contributed by atoms with Crippen molar-refractivity contribution in [2.24, 2.45) is 5.73 Å². The lowest BCUT2D eigenvalue weighted by Gasteiger charge is -2.29. The lowest BCUT2D eigenvalue weighted by molar-refractivity contribution is 0.134. The van der Waals surface area contributed by atoms with E-state index in [1.54, 1.807) is 13.2 Å². The molecule has 1 heterocycles. The number of aliphatic hydroxyl groups excluding tert-OH is 1. The first-order chi connectivity index (χ1) is 7.52. The van der Waals surface area contributed by atoms with E-state index in [4.69, 9.17) is 10.2 Å². The van der Waals surface area contributed by atoms with Crippen LogP contribution in [-0.2, 0) is 0 Å². The van der Waals surface area contributed by atoms with Crippen molar-refractivity contribution in [3.05, 3.63) is 24.2 Å². The van der Waals surface area contributed by atoms with E-state index in [-0.39, 0.29) is 18.2 Å². The Hall–Kier alpha value is -0.840. The Morgan fingerprint density at radius 1 is 1.50 bits per heavy atom. The Morgan fingerprint density at radius 2 is 2.19 bits per heavy atom. The van der Waals surface area contributed by atoms with Gasteiger partial charge in [0.25, 0.3) is 0 Å². The van der Waals surface area contributed by atoms with Crippen molar-refractivity contribution in [2.75, 3.05) is 13.6 Å². The number of furan rings is 1. The summed E-state index contributed by atoms with van der Waals surface area (Å²) in [5.74, 6) is 0.878. The van der Waals surface area contributed by atoms with Crippen LogP contribution in [-0.4, -0.2) is 35.7 Å². The summed E-state index contributed by atoms with van der Waals surface area (Å²) in [5, 5.41) is 9.27. The molecule has 0 fully saturated rings. The number of aliphatic hydroxyl groups is 1. The first-order valence-corrected chi connectivity index (χ1v) is 5.69. The van der Waals surface area contributed by atoms with Crippen molar-refractivity contribution in [1.82, 2.24) is 4.90 Å². The maximum atomic E-state index is 9.27. The van der Waals surface area contributed by atoms with Gasteiger partial charge in [0, 0.05) is 12.6 Å². The highest BCUT2D eigenvalue weighted by atomic mass is 16.3. The van der Waals surface area contributed by atoms with Crippen molar-refractivity contribution in [1.29, 1.82) is 0 Å². The fraction of sp³-hybridized carbons (Fsp3) is 0.667. The number of likely N-dealkylation sites (N-methyl/N-ethyl adjacent to an activating group) is 1. The minimum atomic E-state index is -0.284. The summed E-state index contributed by atoms with van der Waals surface area (Å²) in [5.41, 5.74) is 5.97. The maximum Gasteiger partial charge on any atom is 0.122 e. The Labute approximate surface area is 97.0 Å². The van der Waals surface area contributed by atoms with Crippen molar-refractivity contribution in [2.45, 2.75) is 38.5 Å². The van der Waals surface area contributed by atoms with E-state index in [2.05, 4.69) is 4.90 Å². The Bertz CT molecular complexity index is 283. The van der Waals surface area contributed by atoms with Crippen molar-refractivity contribution in [3.63, 3.8) is 0 Å². The number of nitrogens with two attached hydrogens (primary N) is 1. The zero-order valence-corrected chi connectivity index (χ0v) is 10.3. The quantitative estimate of drug-likeness (QED) is 0.769. The second-order valence-electron chi connectivity index (χ2n) is 4.44. The zero-order valence-electron chi connectivity index (χ0n) is 10.3. The van der Waals surface area contributed by atoms with E-state index in [0.717, 1.165) is 18.7 Å². The topological polar surface area (TPSA) is 62.6 Å². The van der Waals surface area contributed by atoms with Crippen molar-refractivity contribution >= 4 is 0 Å². The van der Waals surface area contributed by atoms with Gasteiger partial charge in [-0.1, -0.05) is 0 Å². The molecule has 3 atom stereocenters. The molecule has 3 unspecified atom stereocenters. The van der Waals surface area contributed by atoms with E-state index in [1.807, 2.05) is 26.1 Å². The van der Waals surface area contributed by atoms with Crippen LogP contribution in [0.1, 0.15) is 32.1 Å². The molecule has 0 amide bonds. The molecule has 16 heavy (non-hydrogen) atoms. The molecule has 4 heteroatoms. The van der Waals surface area contributed by atoms with Gasteiger partial charge in [-0.15, -0.1) is 0 Å². The molecule has 0 aliphatic heterocycles. The third-order valence-corrected chi connectivity index (χ3v) is 2.71. The SMILES string of the molecule is CC(O)CCN(C)C(c1ccco1)C(C)N. The fourth-order valence-corrected chi connectivity index (χ4v) is 1.87. The smallest absolute Gasteiger partial charge is 0.122 e. The average Bonchev–Trinajstić information content (AvgIpc) is 2.67. The van der Waals surface area contributed by atoms with Crippen LogP contribution in [0.3, 0.4) is 0 Å². The van der Waals surface area contributed by atoms with E-state index in [0.29, 0.717) is 0 Å². The minimum absolute atomic E-state index is 0.00912. The molecule has 1 rings (SSSR count). The summed E-state index contributed by atoms with van der Waals surface area (Å²) < 4.78 is 5.40. The predicted molar refractivity (Wildman–Crippen MR) is 64.0 cm³/mol. The van der Waals surface area contributed by atoms with Crippen LogP contribution in [0.25, 0.3) is 0 Å². The molecule has 0 bridgehead atoms. The van der Waals surface area contributed by atoms with Gasteiger partial charge in [-0.05, 0) is 39.4 Å². The highest BCUT2D eigenvalue weighted by Crippen LogP contribution is 2.22. The number of hydrogen-bond donors (Lipinski definition) is 2. The maximum absolute atomic E-state index is 9.27. The summed E-state index contributed by atoms with van der Waals surface area (Å²) in [6.45, 7) is 4.55. The molecule has 0 saturated heterocycles. The molecule has 0 spiro atoms. The predicted octanol–water partition coefficient (Wildman–Crippen LogP) is 1.37. The first kappa shape index (κ1) is 13.2. The highest BCUT2D eigenvalue weighted by molar-refractivity contribution is 5.07. The molecule has 3 N–H and O–H groups in total. The third kappa shape index (κ3) is 3.63. The van der Waals surface area contributed by atoms with Gasteiger partial charge in [0.1, 0.15) is 5.76 Å². The van der Waals surface area contributed by atoms with Gasteiger partial charge in [-0.3, -0.25) is 4.90 Å². The number of hydrogen-bond acceptors (Lipinski definition) is 4. The van der Waals surface area contributed by atoms with Crippen molar-refractivity contribution in [3.8, 4) is 0 Å². The summed E-state index contributed by atoms with van der Waals surface area (Å²) in [6.07, 6.45) is 2.11. The molecule has 0 aliphatic rings. The molecule has 1 aromatic rings. The van der Waals surface area contributed by atoms with Gasteiger partial charge in [-0.25, -0.2) is 0 Å². The lowest BCUT2D eigenvalue weighted by Crippen LogP contribution is -2.38. The van der Waals surface area contributed by atoms with Crippen LogP contribution < -0.4 is 5.73 Å². The van der Waals surface area contributed by atoms with Crippen molar-refractivity contribution < 1.29 is 9.52 Å². The largest absolute Gasteiger partial charge is 0.468 e. The average molecular weight is 226 g/mol. The fourth-order valence-electron chi connectivity index (χ4n) is 1.87. The lowest BCUT2D eigenvalue weighted by atomic mass is 10.1. The van der Waals surface area contributed by atoms with Crippen LogP contribution in [0.5, 0.6) is 0 Å². The second-order valence-corrected chi connectivity index (χ2v) is 4.44. The summed E-state index contributed by atoms with van der Waals surface area (Å²) in [4.78, 5) is 2.12. The summed E-state index contributed by atoms with van der Waals surface area (Å²) in [6, 6.07) is 3.86. The molecule has 0 radical (unpaired) electrons. The van der Waals surface area contributed by atoms with E-state index >= 15 is 0 Å². The van der Waals surface area contributed by atoms with Gasteiger partial charge < -0.3 is 15.3 Å².